The number of amidine groups is 1. The average Bonchev–Trinajstić information content (AvgIpc) is 3.13. The molecule has 25 heavy (non-hydrogen) atoms. The molecule has 0 bridgehead atoms. The van der Waals surface area contributed by atoms with Gasteiger partial charge in [-0.3, -0.25) is 4.79 Å². The summed E-state index contributed by atoms with van der Waals surface area (Å²) in [6, 6.07) is 15.2. The van der Waals surface area contributed by atoms with Crippen LogP contribution < -0.4 is 5.73 Å². The van der Waals surface area contributed by atoms with Gasteiger partial charge in [-0.05, 0) is 29.8 Å². The van der Waals surface area contributed by atoms with E-state index < -0.39 is 0 Å². The van der Waals surface area contributed by atoms with Crippen molar-refractivity contribution in [2.75, 3.05) is 13.2 Å². The fourth-order valence-electron chi connectivity index (χ4n) is 2.38. The fourth-order valence-corrected chi connectivity index (χ4v) is 2.38. The van der Waals surface area contributed by atoms with E-state index in [1.165, 1.54) is 29.3 Å². The first-order chi connectivity index (χ1) is 12.1. The highest BCUT2D eigenvalue weighted by Gasteiger charge is 2.21. The molecule has 6 nitrogen and oxygen atoms in total. The number of carbonyl (C=O) groups is 1. The van der Waals surface area contributed by atoms with Crippen molar-refractivity contribution in [3.8, 4) is 0 Å². The lowest BCUT2D eigenvalue weighted by Crippen LogP contribution is -2.27. The van der Waals surface area contributed by atoms with E-state index in [2.05, 4.69) is 10.3 Å². The standard InChI is InChI=1S/C18H17FN4O2/c19-15-8-6-14(7-9-15)18(20)22-25-12-17(24)23-11-10-16(21-23)13-4-2-1-3-5-13/h1-9H,10-12H2,(H2,20,22). The molecule has 0 atom stereocenters. The van der Waals surface area contributed by atoms with Gasteiger partial charge in [0.05, 0.1) is 12.3 Å². The van der Waals surface area contributed by atoms with Gasteiger partial charge in [0.15, 0.2) is 12.4 Å². The van der Waals surface area contributed by atoms with Gasteiger partial charge < -0.3 is 10.6 Å². The highest BCUT2D eigenvalue weighted by Crippen LogP contribution is 2.13. The minimum absolute atomic E-state index is 0.0719. The van der Waals surface area contributed by atoms with Crippen LogP contribution in [-0.4, -0.2) is 35.6 Å². The normalized spacial score (nSPS) is 14.4. The lowest BCUT2D eigenvalue weighted by atomic mass is 10.1. The van der Waals surface area contributed by atoms with E-state index in [-0.39, 0.29) is 24.2 Å². The van der Waals surface area contributed by atoms with Crippen molar-refractivity contribution in [3.63, 3.8) is 0 Å². The van der Waals surface area contributed by atoms with Gasteiger partial charge in [0.2, 0.25) is 0 Å². The quantitative estimate of drug-likeness (QED) is 0.514. The van der Waals surface area contributed by atoms with Crippen LogP contribution in [-0.2, 0) is 9.63 Å². The second kappa shape index (κ2) is 7.57. The average molecular weight is 340 g/mol. The molecule has 128 valence electrons. The van der Waals surface area contributed by atoms with Crippen LogP contribution in [0.2, 0.25) is 0 Å². The number of nitrogens with two attached hydrogens (primary N) is 1. The van der Waals surface area contributed by atoms with E-state index in [0.29, 0.717) is 18.5 Å². The maximum atomic E-state index is 12.9. The van der Waals surface area contributed by atoms with Gasteiger partial charge in [-0.15, -0.1) is 0 Å². The molecule has 2 N–H and O–H groups in total. The molecular weight excluding hydrogens is 323 g/mol. The number of hydrogen-bond acceptors (Lipinski definition) is 4. The maximum absolute atomic E-state index is 12.9. The summed E-state index contributed by atoms with van der Waals surface area (Å²) in [5.74, 6) is -0.599. The molecule has 3 rings (SSSR count). The van der Waals surface area contributed by atoms with E-state index >= 15 is 0 Å². The van der Waals surface area contributed by atoms with Gasteiger partial charge in [0, 0.05) is 12.0 Å². The number of oxime groups is 1. The van der Waals surface area contributed by atoms with Gasteiger partial charge in [0.1, 0.15) is 5.82 Å². The third-order valence-corrected chi connectivity index (χ3v) is 3.69. The molecule has 1 aliphatic heterocycles. The van der Waals surface area contributed by atoms with Gasteiger partial charge in [0.25, 0.3) is 5.91 Å². The zero-order valence-corrected chi connectivity index (χ0v) is 13.4. The van der Waals surface area contributed by atoms with Crippen LogP contribution >= 0.6 is 0 Å². The monoisotopic (exact) mass is 340 g/mol. The van der Waals surface area contributed by atoms with E-state index in [4.69, 9.17) is 10.6 Å². The highest BCUT2D eigenvalue weighted by molar-refractivity contribution is 6.02. The van der Waals surface area contributed by atoms with Crippen LogP contribution in [0.25, 0.3) is 0 Å². The molecule has 1 heterocycles. The molecule has 0 aliphatic carbocycles. The molecule has 0 aromatic heterocycles. The largest absolute Gasteiger partial charge is 0.384 e. The Morgan fingerprint density at radius 3 is 2.64 bits per heavy atom. The number of benzene rings is 2. The first-order valence-electron chi connectivity index (χ1n) is 7.78. The number of halogens is 1. The number of hydrazone groups is 1. The Labute approximate surface area is 144 Å². The summed E-state index contributed by atoms with van der Waals surface area (Å²) in [4.78, 5) is 17.1. The number of rotatable bonds is 5. The Balaban J connectivity index is 1.55. The second-order valence-corrected chi connectivity index (χ2v) is 5.44. The lowest BCUT2D eigenvalue weighted by Gasteiger charge is -2.10. The summed E-state index contributed by atoms with van der Waals surface area (Å²) < 4.78 is 12.9. The zero-order valence-electron chi connectivity index (χ0n) is 13.4. The van der Waals surface area contributed by atoms with Crippen molar-refractivity contribution < 1.29 is 14.0 Å². The SMILES string of the molecule is N/C(=N\OCC(=O)N1CCC(c2ccccc2)=N1)c1ccc(F)cc1. The number of amides is 1. The Hall–Kier alpha value is -3.22. The smallest absolute Gasteiger partial charge is 0.283 e. The van der Waals surface area contributed by atoms with Crippen LogP contribution in [0, 0.1) is 5.82 Å². The van der Waals surface area contributed by atoms with Crippen LogP contribution in [0.3, 0.4) is 0 Å². The van der Waals surface area contributed by atoms with Crippen molar-refractivity contribution in [1.82, 2.24) is 5.01 Å². The summed E-state index contributed by atoms with van der Waals surface area (Å²) in [7, 11) is 0. The Morgan fingerprint density at radius 2 is 1.92 bits per heavy atom. The van der Waals surface area contributed by atoms with Crippen molar-refractivity contribution in [2.24, 2.45) is 16.0 Å². The van der Waals surface area contributed by atoms with Crippen molar-refractivity contribution in [3.05, 3.63) is 71.5 Å². The van der Waals surface area contributed by atoms with Gasteiger partial charge in [-0.1, -0.05) is 35.5 Å². The van der Waals surface area contributed by atoms with Crippen molar-refractivity contribution >= 4 is 17.5 Å². The Morgan fingerprint density at radius 1 is 1.20 bits per heavy atom. The molecule has 0 saturated carbocycles. The predicted molar refractivity (Wildman–Crippen MR) is 92.4 cm³/mol. The molecule has 1 amide bonds. The summed E-state index contributed by atoms with van der Waals surface area (Å²) >= 11 is 0. The van der Waals surface area contributed by atoms with E-state index in [1.807, 2.05) is 30.3 Å². The molecule has 2 aromatic rings. The van der Waals surface area contributed by atoms with Gasteiger partial charge in [-0.2, -0.15) is 5.10 Å². The zero-order chi connectivity index (χ0) is 17.6. The first-order valence-corrected chi connectivity index (χ1v) is 7.78. The molecule has 0 spiro atoms. The summed E-state index contributed by atoms with van der Waals surface area (Å²) in [5.41, 5.74) is 8.11. The fraction of sp³-hybridized carbons (Fsp3) is 0.167. The predicted octanol–water partition coefficient (Wildman–Crippen LogP) is 2.10. The third-order valence-electron chi connectivity index (χ3n) is 3.69. The maximum Gasteiger partial charge on any atom is 0.283 e. The van der Waals surface area contributed by atoms with Crippen molar-refractivity contribution in [2.45, 2.75) is 6.42 Å². The Bertz CT molecular complexity index is 804. The molecule has 0 radical (unpaired) electrons. The molecule has 0 unspecified atom stereocenters. The van der Waals surface area contributed by atoms with Gasteiger partial charge in [-0.25, -0.2) is 9.40 Å². The molecule has 0 fully saturated rings. The van der Waals surface area contributed by atoms with Crippen LogP contribution in [0.4, 0.5) is 4.39 Å². The molecule has 1 aliphatic rings. The third kappa shape index (κ3) is 4.20. The minimum Gasteiger partial charge on any atom is -0.384 e. The molecule has 2 aromatic carbocycles. The molecule has 0 saturated heterocycles. The second-order valence-electron chi connectivity index (χ2n) is 5.44. The number of carbonyl (C=O) groups excluding carboxylic acids is 1. The van der Waals surface area contributed by atoms with E-state index in [9.17, 15) is 9.18 Å². The van der Waals surface area contributed by atoms with Crippen molar-refractivity contribution in [1.29, 1.82) is 0 Å². The summed E-state index contributed by atoms with van der Waals surface area (Å²) in [5, 5.41) is 9.38. The van der Waals surface area contributed by atoms with Crippen LogP contribution in [0.1, 0.15) is 17.5 Å². The van der Waals surface area contributed by atoms with E-state index in [0.717, 1.165) is 11.3 Å². The van der Waals surface area contributed by atoms with Crippen LogP contribution in [0.15, 0.2) is 64.9 Å². The van der Waals surface area contributed by atoms with Crippen LogP contribution in [0.5, 0.6) is 0 Å². The first kappa shape index (κ1) is 16.6. The van der Waals surface area contributed by atoms with Gasteiger partial charge >= 0.3 is 0 Å². The lowest BCUT2D eigenvalue weighted by molar-refractivity contribution is -0.135. The topological polar surface area (TPSA) is 80.3 Å². The van der Waals surface area contributed by atoms with E-state index in [1.54, 1.807) is 0 Å². The summed E-state index contributed by atoms with van der Waals surface area (Å²) in [6.45, 7) is 0.233. The summed E-state index contributed by atoms with van der Waals surface area (Å²) in [6.07, 6.45) is 0.691. The molecular formula is C18H17FN4O2. The highest BCUT2D eigenvalue weighted by atomic mass is 19.1. The number of nitrogens with zero attached hydrogens (tertiary/aromatic N) is 3. The Kier molecular flexibility index (Phi) is 5.03. The molecule has 7 heteroatoms. The minimum atomic E-state index is -0.367. The number of hydrogen-bond donors (Lipinski definition) is 1.